The Morgan fingerprint density at radius 2 is 0.987 bits per heavy atom. The van der Waals surface area contributed by atoms with Crippen molar-refractivity contribution in [3.05, 3.63) is 135 Å². The molecule has 12 heterocycles. The van der Waals surface area contributed by atoms with Gasteiger partial charge in [-0.2, -0.15) is 30.7 Å². The largest absolute Gasteiger partial charge is 0.461 e. The van der Waals surface area contributed by atoms with Gasteiger partial charge in [-0.3, -0.25) is 0 Å². The molecule has 12 aromatic heterocycles. The molecule has 10 nitrogen and oxygen atoms in total. The van der Waals surface area contributed by atoms with E-state index in [1.807, 2.05) is 128 Å². The summed E-state index contributed by atoms with van der Waals surface area (Å²) < 4.78 is 147. The number of sulfone groups is 1. The summed E-state index contributed by atoms with van der Waals surface area (Å²) in [6.45, 7) is 30.0. The number of hydrogen-bond donors (Lipinski definition) is 0. The van der Waals surface area contributed by atoms with Gasteiger partial charge in [-0.05, 0) is 60.7 Å². The second-order valence-corrected chi connectivity index (χ2v) is 19.2. The molecule has 0 spiro atoms. The average molecular weight is 1150 g/mol. The molecule has 12 aromatic rings. The lowest BCUT2D eigenvalue weighted by atomic mass is 10.2. The maximum absolute atomic E-state index is 12.6. The fraction of sp³-hybridized carbons (Fsp3) is 0.321. The van der Waals surface area contributed by atoms with Gasteiger partial charge in [-0.25, -0.2) is 8.42 Å². The topological polar surface area (TPSA) is 139 Å². The van der Waals surface area contributed by atoms with Gasteiger partial charge in [0.2, 0.25) is 43.5 Å². The van der Waals surface area contributed by atoms with Crippen molar-refractivity contribution in [2.75, 3.05) is 6.26 Å². The van der Waals surface area contributed by atoms with Crippen molar-refractivity contribution < 1.29 is 74.5 Å². The van der Waals surface area contributed by atoms with Crippen molar-refractivity contribution >= 4 is 119 Å². The molecular formula is C53H63F7O10S5. The van der Waals surface area contributed by atoms with Crippen molar-refractivity contribution in [3.63, 3.8) is 0 Å². The number of hydrogen-bond acceptors (Lipinski definition) is 14. The maximum Gasteiger partial charge on any atom is 0.449 e. The zero-order chi connectivity index (χ0) is 57.2. The van der Waals surface area contributed by atoms with Crippen molar-refractivity contribution in [1.82, 2.24) is 0 Å². The van der Waals surface area contributed by atoms with Crippen LogP contribution in [0.5, 0.6) is 0 Å². The summed E-state index contributed by atoms with van der Waals surface area (Å²) in [6.07, 6.45) is 1.91. The molecule has 0 aliphatic heterocycles. The lowest BCUT2D eigenvalue weighted by Crippen LogP contribution is -2.01. The normalized spacial score (nSPS) is 10.2. The Kier molecular flexibility index (Phi) is 29.7. The minimum atomic E-state index is -4.44. The highest BCUT2D eigenvalue weighted by Gasteiger charge is 2.35. The summed E-state index contributed by atoms with van der Waals surface area (Å²) in [5.74, 6) is -3.16. The number of halogens is 7. The Morgan fingerprint density at radius 3 is 1.47 bits per heavy atom. The molecule has 0 aliphatic carbocycles. The molecule has 414 valence electrons. The van der Waals surface area contributed by atoms with Gasteiger partial charge in [-0.15, -0.1) is 45.3 Å². The minimum Gasteiger partial charge on any atom is -0.461 e. The third-order valence-corrected chi connectivity index (χ3v) is 13.7. The van der Waals surface area contributed by atoms with E-state index in [9.17, 15) is 39.2 Å². The van der Waals surface area contributed by atoms with Gasteiger partial charge in [0.05, 0.1) is 33.1 Å². The Balaban J connectivity index is 0.000000433. The number of thiophene rings is 4. The van der Waals surface area contributed by atoms with Crippen LogP contribution in [0.25, 0.3) is 63.5 Å². The number of rotatable bonds is 1. The summed E-state index contributed by atoms with van der Waals surface area (Å²) in [5, 5.41) is 9.19. The van der Waals surface area contributed by atoms with Crippen LogP contribution in [0.1, 0.15) is 105 Å². The number of aryl methyl sites for hydroxylation is 3. The smallest absolute Gasteiger partial charge is 0.449 e. The molecule has 0 saturated carbocycles. The molecule has 0 aromatic carbocycles. The molecule has 0 fully saturated rings. The van der Waals surface area contributed by atoms with Gasteiger partial charge in [0.1, 0.15) is 0 Å². The number of furan rings is 8. The standard InChI is InChI=1S/C8H8S2.C7H3F3O2.C7H4F2O2.C7H6O4S.C6H2F2O2.C6H4S2.6C2H6/c1-5-6(2)10-8-7(5)3-4-9-8;8-7(9,10)6-3-5-4(12-6)1-2-11-5;1-3-2-10-6-4(8)7(9)11-5(3)6;1-12(8,9)7-4-6-5(11-7)2-3-10-6;7-4-5-3(1-2-9-5)10-6(4)8;1-3-7-6-5(1)2-4-8-6;6*1-2/h3-4H,1-2H3;1-3H;2H,1H3;2-4H,1H3;1-2H;1-4H;6*1-2H3. The first-order chi connectivity index (χ1) is 35.9. The number of alkyl halides is 3. The van der Waals surface area contributed by atoms with E-state index in [-0.39, 0.29) is 38.6 Å². The van der Waals surface area contributed by atoms with Gasteiger partial charge in [0.15, 0.2) is 33.5 Å². The SMILES string of the molecule is CC.CC.CC.CC.CC.CC.CS(=O)(=O)c1cc2occc2o1.Cc1coc2c(F)c(F)oc12.Cc1sc2sccc2c1C.FC(F)(F)c1cc2occc2o1.Fc1oc2ccoc2c1F.c1cc2ccsc2s1. The summed E-state index contributed by atoms with van der Waals surface area (Å²) in [4.78, 5) is 1.46. The predicted molar refractivity (Wildman–Crippen MR) is 294 cm³/mol. The van der Waals surface area contributed by atoms with E-state index in [0.29, 0.717) is 16.7 Å². The fourth-order valence-corrected chi connectivity index (χ4v) is 9.91. The minimum absolute atomic E-state index is 0.0585. The zero-order valence-electron chi connectivity index (χ0n) is 44.4. The van der Waals surface area contributed by atoms with Crippen LogP contribution in [-0.2, 0) is 16.0 Å². The highest BCUT2D eigenvalue weighted by Crippen LogP contribution is 2.35. The monoisotopic (exact) mass is 1150 g/mol. The summed E-state index contributed by atoms with van der Waals surface area (Å²) in [6, 6.07) is 10.5. The van der Waals surface area contributed by atoms with E-state index in [4.69, 9.17) is 17.7 Å². The van der Waals surface area contributed by atoms with E-state index in [0.717, 1.165) is 12.3 Å². The van der Waals surface area contributed by atoms with E-state index < -0.39 is 45.4 Å². The molecule has 0 radical (unpaired) electrons. The van der Waals surface area contributed by atoms with Gasteiger partial charge < -0.3 is 35.3 Å². The highest BCUT2D eigenvalue weighted by atomic mass is 32.2. The van der Waals surface area contributed by atoms with Crippen molar-refractivity contribution in [2.45, 2.75) is 115 Å². The molecule has 75 heavy (non-hydrogen) atoms. The van der Waals surface area contributed by atoms with Crippen LogP contribution in [-0.4, -0.2) is 14.7 Å². The fourth-order valence-electron chi connectivity index (χ4n) is 5.29. The zero-order valence-corrected chi connectivity index (χ0v) is 48.5. The lowest BCUT2D eigenvalue weighted by molar-refractivity contribution is -0.152. The Bertz CT molecular complexity index is 3320. The average Bonchev–Trinajstić information content (AvgIpc) is 4.23. The van der Waals surface area contributed by atoms with Crippen LogP contribution in [0.2, 0.25) is 0 Å². The molecule has 0 N–H and O–H groups in total. The third kappa shape index (κ3) is 18.4. The second-order valence-electron chi connectivity index (χ2n) is 12.8. The molecule has 0 bridgehead atoms. The van der Waals surface area contributed by atoms with Gasteiger partial charge >= 0.3 is 18.2 Å². The Hall–Kier alpha value is -5.94. The lowest BCUT2D eigenvalue weighted by Gasteiger charge is -1.98. The van der Waals surface area contributed by atoms with Crippen molar-refractivity contribution in [3.8, 4) is 0 Å². The maximum atomic E-state index is 12.6. The molecule has 0 atom stereocenters. The van der Waals surface area contributed by atoms with Crippen LogP contribution in [0, 0.1) is 44.4 Å². The van der Waals surface area contributed by atoms with Crippen molar-refractivity contribution in [2.24, 2.45) is 0 Å². The van der Waals surface area contributed by atoms with Crippen LogP contribution in [0.15, 0.2) is 130 Å². The molecule has 0 saturated heterocycles. The van der Waals surface area contributed by atoms with Gasteiger partial charge in [-0.1, -0.05) is 83.1 Å². The molecule has 0 unspecified atom stereocenters. The van der Waals surface area contributed by atoms with Crippen molar-refractivity contribution in [1.29, 1.82) is 0 Å². The second kappa shape index (κ2) is 33.2. The first-order valence-electron chi connectivity index (χ1n) is 23.6. The van der Waals surface area contributed by atoms with E-state index in [2.05, 4.69) is 65.9 Å². The molecular weight excluding hydrogens is 1090 g/mol. The van der Waals surface area contributed by atoms with Crippen LogP contribution < -0.4 is 0 Å². The predicted octanol–water partition coefficient (Wildman–Crippen LogP) is 22.1. The van der Waals surface area contributed by atoms with Crippen LogP contribution >= 0.6 is 45.3 Å². The number of fused-ring (bicyclic) bond motifs is 6. The van der Waals surface area contributed by atoms with Crippen LogP contribution in [0.4, 0.5) is 30.7 Å². The highest BCUT2D eigenvalue weighted by molar-refractivity contribution is 7.90. The molecule has 0 amide bonds. The van der Waals surface area contributed by atoms with Gasteiger partial charge in [0, 0.05) is 57.8 Å². The van der Waals surface area contributed by atoms with E-state index in [1.54, 1.807) is 13.0 Å². The van der Waals surface area contributed by atoms with E-state index >= 15 is 0 Å². The molecule has 22 heteroatoms. The first-order valence-corrected chi connectivity index (χ1v) is 28.9. The third-order valence-electron chi connectivity index (χ3n) is 8.47. The van der Waals surface area contributed by atoms with E-state index in [1.165, 1.54) is 72.5 Å². The quantitative estimate of drug-likeness (QED) is 0.146. The first kappa shape index (κ1) is 67.1. The molecule has 0 aliphatic rings. The van der Waals surface area contributed by atoms with Crippen LogP contribution in [0.3, 0.4) is 0 Å². The van der Waals surface area contributed by atoms with Gasteiger partial charge in [0.25, 0.3) is 0 Å². The Labute approximate surface area is 447 Å². The molecule has 12 rings (SSSR count). The summed E-state index contributed by atoms with van der Waals surface area (Å²) in [7, 11) is -3.26. The summed E-state index contributed by atoms with van der Waals surface area (Å²) in [5.41, 5.74) is 3.09. The summed E-state index contributed by atoms with van der Waals surface area (Å²) >= 11 is 7.37. The Morgan fingerprint density at radius 1 is 0.507 bits per heavy atom.